The van der Waals surface area contributed by atoms with Gasteiger partial charge in [-0.15, -0.1) is 0 Å². The Bertz CT molecular complexity index is 1750. The van der Waals surface area contributed by atoms with Crippen molar-refractivity contribution in [2.24, 2.45) is 4.99 Å². The lowest BCUT2D eigenvalue weighted by Gasteiger charge is -2.26. The Morgan fingerprint density at radius 1 is 1.05 bits per heavy atom. The molecule has 0 aliphatic carbocycles. The normalized spacial score (nSPS) is 14.9. The number of fused-ring (bicyclic) bond motifs is 1. The first-order valence-corrected chi connectivity index (χ1v) is 13.1. The summed E-state index contributed by atoms with van der Waals surface area (Å²) < 4.78 is 18.1. The van der Waals surface area contributed by atoms with Crippen LogP contribution in [0, 0.1) is 0 Å². The first-order chi connectivity index (χ1) is 18.9. The van der Waals surface area contributed by atoms with Gasteiger partial charge in [-0.2, -0.15) is 0 Å². The molecule has 0 saturated carbocycles. The van der Waals surface area contributed by atoms with Crippen LogP contribution in [0.1, 0.15) is 29.7 Å². The molecule has 1 aliphatic rings. The van der Waals surface area contributed by atoms with E-state index in [0.717, 1.165) is 5.56 Å². The van der Waals surface area contributed by atoms with E-state index < -0.39 is 12.0 Å². The standard InChI is InChI=1S/C30H26N2O6S/c1-4-38-29(35)25-26(19-9-6-5-7-10-19)31-30-32(27(25)20-11-8-12-21(17-20)36-2)28(34)24(39-30)16-18-13-14-22(33)23(15-18)37-3/h5-17,27,33H,4H2,1-3H3. The van der Waals surface area contributed by atoms with Gasteiger partial charge in [0, 0.05) is 5.56 Å². The molecule has 0 saturated heterocycles. The molecular formula is C30H26N2O6S. The fourth-order valence-corrected chi connectivity index (χ4v) is 5.50. The third kappa shape index (κ3) is 4.96. The number of aromatic hydroxyl groups is 1. The number of methoxy groups -OCH3 is 2. The number of carbonyl (C=O) groups is 1. The van der Waals surface area contributed by atoms with Crippen LogP contribution in [0.4, 0.5) is 0 Å². The molecule has 1 aliphatic heterocycles. The second kappa shape index (κ2) is 11.0. The van der Waals surface area contributed by atoms with Crippen molar-refractivity contribution >= 4 is 29.1 Å². The number of thiazole rings is 1. The third-order valence-electron chi connectivity index (χ3n) is 6.28. The highest BCUT2D eigenvalue weighted by Crippen LogP contribution is 2.36. The van der Waals surface area contributed by atoms with E-state index in [2.05, 4.69) is 0 Å². The van der Waals surface area contributed by atoms with Gasteiger partial charge in [-0.25, -0.2) is 9.79 Å². The first kappa shape index (κ1) is 26.0. The molecule has 39 heavy (non-hydrogen) atoms. The average molecular weight is 543 g/mol. The summed E-state index contributed by atoms with van der Waals surface area (Å²) in [5, 5.41) is 9.98. The highest BCUT2D eigenvalue weighted by Gasteiger charge is 2.35. The van der Waals surface area contributed by atoms with Gasteiger partial charge >= 0.3 is 5.97 Å². The lowest BCUT2D eigenvalue weighted by atomic mass is 9.93. The number of ether oxygens (including phenoxy) is 3. The molecular weight excluding hydrogens is 516 g/mol. The number of nitrogens with zero attached hydrogens (tertiary/aromatic N) is 2. The Kier molecular flexibility index (Phi) is 7.33. The average Bonchev–Trinajstić information content (AvgIpc) is 3.27. The molecule has 0 radical (unpaired) electrons. The molecule has 9 heteroatoms. The predicted octanol–water partition coefficient (Wildman–Crippen LogP) is 3.66. The minimum Gasteiger partial charge on any atom is -0.504 e. The Hall–Kier alpha value is -4.63. The molecule has 0 amide bonds. The zero-order valence-corrected chi connectivity index (χ0v) is 22.4. The number of phenols is 1. The molecule has 5 rings (SSSR count). The molecule has 1 N–H and O–H groups in total. The van der Waals surface area contributed by atoms with Crippen LogP contribution in [0.5, 0.6) is 17.2 Å². The Morgan fingerprint density at radius 3 is 2.56 bits per heavy atom. The summed E-state index contributed by atoms with van der Waals surface area (Å²) in [5.74, 6) is 0.334. The van der Waals surface area contributed by atoms with Gasteiger partial charge in [0.2, 0.25) is 0 Å². The van der Waals surface area contributed by atoms with Crippen LogP contribution in [0.2, 0.25) is 0 Å². The molecule has 2 heterocycles. The molecule has 0 bridgehead atoms. The molecule has 0 spiro atoms. The van der Waals surface area contributed by atoms with E-state index in [9.17, 15) is 14.7 Å². The number of benzene rings is 3. The smallest absolute Gasteiger partial charge is 0.338 e. The summed E-state index contributed by atoms with van der Waals surface area (Å²) in [6.45, 7) is 1.91. The third-order valence-corrected chi connectivity index (χ3v) is 7.27. The van der Waals surface area contributed by atoms with Crippen molar-refractivity contribution in [3.63, 3.8) is 0 Å². The van der Waals surface area contributed by atoms with Gasteiger partial charge in [0.25, 0.3) is 5.56 Å². The number of aromatic nitrogens is 1. The zero-order valence-electron chi connectivity index (χ0n) is 21.6. The van der Waals surface area contributed by atoms with E-state index in [0.29, 0.717) is 37.7 Å². The summed E-state index contributed by atoms with van der Waals surface area (Å²) >= 11 is 1.22. The number of carbonyl (C=O) groups excluding carboxylic acids is 1. The van der Waals surface area contributed by atoms with E-state index >= 15 is 0 Å². The number of hydrogen-bond donors (Lipinski definition) is 1. The Balaban J connectivity index is 1.82. The minimum atomic E-state index is -0.804. The lowest BCUT2D eigenvalue weighted by molar-refractivity contribution is -0.138. The van der Waals surface area contributed by atoms with Crippen molar-refractivity contribution in [1.29, 1.82) is 0 Å². The van der Waals surface area contributed by atoms with Crippen LogP contribution in [-0.4, -0.2) is 36.5 Å². The summed E-state index contributed by atoms with van der Waals surface area (Å²) in [6, 6.07) is 20.7. The molecule has 1 aromatic heterocycles. The van der Waals surface area contributed by atoms with E-state index in [1.54, 1.807) is 44.4 Å². The van der Waals surface area contributed by atoms with Crippen molar-refractivity contribution in [2.75, 3.05) is 20.8 Å². The van der Waals surface area contributed by atoms with Crippen molar-refractivity contribution < 1.29 is 24.1 Å². The fraction of sp³-hybridized carbons (Fsp3) is 0.167. The summed E-state index contributed by atoms with van der Waals surface area (Å²) in [5.41, 5.74) is 2.48. The van der Waals surface area contributed by atoms with Crippen molar-refractivity contribution in [1.82, 2.24) is 4.57 Å². The van der Waals surface area contributed by atoms with E-state index in [1.807, 2.05) is 42.5 Å². The van der Waals surface area contributed by atoms with Gasteiger partial charge in [-0.1, -0.05) is 59.9 Å². The van der Waals surface area contributed by atoms with Crippen LogP contribution in [0.3, 0.4) is 0 Å². The van der Waals surface area contributed by atoms with Crippen LogP contribution in [-0.2, 0) is 9.53 Å². The second-order valence-corrected chi connectivity index (χ2v) is 9.65. The lowest BCUT2D eigenvalue weighted by Crippen LogP contribution is -2.40. The minimum absolute atomic E-state index is 0.000663. The molecule has 1 unspecified atom stereocenters. The van der Waals surface area contributed by atoms with E-state index in [1.165, 1.54) is 29.1 Å². The Morgan fingerprint density at radius 2 is 1.85 bits per heavy atom. The number of esters is 1. The highest BCUT2D eigenvalue weighted by atomic mass is 32.1. The van der Waals surface area contributed by atoms with Gasteiger partial charge in [0.15, 0.2) is 16.3 Å². The molecule has 8 nitrogen and oxygen atoms in total. The number of rotatable bonds is 7. The van der Waals surface area contributed by atoms with Crippen molar-refractivity contribution in [2.45, 2.75) is 13.0 Å². The van der Waals surface area contributed by atoms with Gasteiger partial charge in [-0.3, -0.25) is 9.36 Å². The van der Waals surface area contributed by atoms with Crippen LogP contribution >= 0.6 is 11.3 Å². The van der Waals surface area contributed by atoms with E-state index in [-0.39, 0.29) is 23.5 Å². The van der Waals surface area contributed by atoms with Crippen LogP contribution in [0.25, 0.3) is 11.8 Å². The van der Waals surface area contributed by atoms with Gasteiger partial charge in [-0.05, 0) is 48.4 Å². The Labute approximate surface area is 228 Å². The topological polar surface area (TPSA) is 99.4 Å². The van der Waals surface area contributed by atoms with Crippen LogP contribution < -0.4 is 24.4 Å². The van der Waals surface area contributed by atoms with E-state index in [4.69, 9.17) is 19.2 Å². The number of hydrogen-bond acceptors (Lipinski definition) is 8. The molecule has 3 aromatic carbocycles. The van der Waals surface area contributed by atoms with Gasteiger partial charge in [0.05, 0.1) is 42.7 Å². The van der Waals surface area contributed by atoms with Gasteiger partial charge in [0.1, 0.15) is 5.75 Å². The van der Waals surface area contributed by atoms with Crippen LogP contribution in [0.15, 0.2) is 88.2 Å². The largest absolute Gasteiger partial charge is 0.504 e. The predicted molar refractivity (Wildman–Crippen MR) is 149 cm³/mol. The first-order valence-electron chi connectivity index (χ1n) is 12.2. The maximum atomic E-state index is 13.9. The molecule has 1 atom stereocenters. The van der Waals surface area contributed by atoms with Crippen molar-refractivity contribution in [3.8, 4) is 17.2 Å². The summed E-state index contributed by atoms with van der Waals surface area (Å²) in [4.78, 5) is 32.7. The zero-order chi connectivity index (χ0) is 27.5. The quantitative estimate of drug-likeness (QED) is 0.358. The summed E-state index contributed by atoms with van der Waals surface area (Å²) in [6.07, 6.45) is 1.71. The maximum Gasteiger partial charge on any atom is 0.338 e. The SMILES string of the molecule is CCOC(=O)C1=C(c2ccccc2)N=c2sc(=Cc3ccc(O)c(OC)c3)c(=O)n2C1c1cccc(OC)c1. The second-order valence-electron chi connectivity index (χ2n) is 8.64. The number of phenolic OH excluding ortho intramolecular Hbond substituents is 1. The van der Waals surface area contributed by atoms with Crippen molar-refractivity contribution in [3.05, 3.63) is 115 Å². The summed E-state index contributed by atoms with van der Waals surface area (Å²) in [7, 11) is 3.02. The molecule has 198 valence electrons. The fourth-order valence-electron chi connectivity index (χ4n) is 4.50. The molecule has 0 fully saturated rings. The highest BCUT2D eigenvalue weighted by molar-refractivity contribution is 7.07. The monoisotopic (exact) mass is 542 g/mol. The molecule has 4 aromatic rings. The van der Waals surface area contributed by atoms with Gasteiger partial charge < -0.3 is 19.3 Å². The maximum absolute atomic E-state index is 13.9.